The van der Waals surface area contributed by atoms with Crippen molar-refractivity contribution < 1.29 is 14.2 Å². The highest BCUT2D eigenvalue weighted by molar-refractivity contribution is 6.76. The SMILES string of the molecule is C[Si](C)(C)CCOCn1nc(-c2ccnc(NCCN3CCOCC3)n2)cc(-c2nc3ccccc3n2COCC[Si](C)(C)C)c1=O. The Morgan fingerprint density at radius 1 is 0.894 bits per heavy atom. The Hall–Kier alpha value is -3.28. The molecule has 1 N–H and O–H groups in total. The van der Waals surface area contributed by atoms with Crippen molar-refractivity contribution in [2.45, 2.75) is 64.8 Å². The van der Waals surface area contributed by atoms with E-state index >= 15 is 0 Å². The number of para-hydroxylation sites is 2. The Morgan fingerprint density at radius 3 is 2.32 bits per heavy atom. The van der Waals surface area contributed by atoms with Crippen LogP contribution in [0.5, 0.6) is 0 Å². The van der Waals surface area contributed by atoms with E-state index in [2.05, 4.69) is 54.5 Å². The fourth-order valence-electron chi connectivity index (χ4n) is 5.13. The molecule has 0 radical (unpaired) electrons. The molecule has 254 valence electrons. The van der Waals surface area contributed by atoms with Gasteiger partial charge in [-0.25, -0.2) is 19.6 Å². The van der Waals surface area contributed by atoms with E-state index in [0.717, 1.165) is 56.0 Å². The van der Waals surface area contributed by atoms with E-state index in [4.69, 9.17) is 29.3 Å². The molecule has 1 aromatic carbocycles. The molecular formula is C33H50N8O4Si2. The van der Waals surface area contributed by atoms with E-state index < -0.39 is 16.1 Å². The molecule has 0 saturated carbocycles. The lowest BCUT2D eigenvalue weighted by molar-refractivity contribution is 0.0398. The van der Waals surface area contributed by atoms with Gasteiger partial charge in [0.1, 0.15) is 25.0 Å². The number of benzene rings is 1. The minimum absolute atomic E-state index is 0.0346. The van der Waals surface area contributed by atoms with Crippen LogP contribution >= 0.6 is 0 Å². The molecule has 14 heteroatoms. The van der Waals surface area contributed by atoms with Crippen LogP contribution < -0.4 is 10.9 Å². The van der Waals surface area contributed by atoms with Gasteiger partial charge in [0.25, 0.3) is 5.56 Å². The average molecular weight is 679 g/mol. The molecule has 3 aromatic heterocycles. The van der Waals surface area contributed by atoms with Crippen LogP contribution in [-0.4, -0.2) is 103 Å². The van der Waals surface area contributed by atoms with Crippen molar-refractivity contribution >= 4 is 33.1 Å². The Labute approximate surface area is 279 Å². The smallest absolute Gasteiger partial charge is 0.280 e. The molecular weight excluding hydrogens is 629 g/mol. The molecule has 4 aromatic rings. The Morgan fingerprint density at radius 2 is 1.60 bits per heavy atom. The number of hydrogen-bond acceptors (Lipinski definition) is 10. The highest BCUT2D eigenvalue weighted by Crippen LogP contribution is 2.26. The molecule has 0 atom stereocenters. The summed E-state index contributed by atoms with van der Waals surface area (Å²) in [7, 11) is -2.58. The van der Waals surface area contributed by atoms with Crippen LogP contribution in [0, 0.1) is 0 Å². The van der Waals surface area contributed by atoms with Crippen molar-refractivity contribution in [1.29, 1.82) is 0 Å². The number of nitrogens with zero attached hydrogens (tertiary/aromatic N) is 7. The van der Waals surface area contributed by atoms with Gasteiger partial charge in [-0.15, -0.1) is 0 Å². The first-order chi connectivity index (χ1) is 22.5. The minimum Gasteiger partial charge on any atom is -0.379 e. The number of hydrogen-bond donors (Lipinski definition) is 1. The van der Waals surface area contributed by atoms with E-state index in [0.29, 0.717) is 48.5 Å². The van der Waals surface area contributed by atoms with Gasteiger partial charge in [0.15, 0.2) is 0 Å². The first kappa shape index (κ1) is 35.0. The normalized spacial score (nSPS) is 14.6. The van der Waals surface area contributed by atoms with Crippen LogP contribution in [0.2, 0.25) is 51.4 Å². The maximum atomic E-state index is 14.1. The second-order valence-corrected chi connectivity index (χ2v) is 25.7. The minimum atomic E-state index is -1.31. The molecule has 1 fully saturated rings. The third-order valence-electron chi connectivity index (χ3n) is 8.03. The highest BCUT2D eigenvalue weighted by Gasteiger charge is 2.21. The molecule has 12 nitrogen and oxygen atoms in total. The molecule has 1 aliphatic rings. The van der Waals surface area contributed by atoms with Crippen LogP contribution in [0.1, 0.15) is 0 Å². The number of nitrogens with one attached hydrogen (secondary N) is 1. The van der Waals surface area contributed by atoms with Gasteiger partial charge in [-0.2, -0.15) is 5.10 Å². The van der Waals surface area contributed by atoms with Crippen molar-refractivity contribution in [3.05, 3.63) is 52.9 Å². The zero-order valence-corrected chi connectivity index (χ0v) is 30.8. The number of fused-ring (bicyclic) bond motifs is 1. The quantitative estimate of drug-likeness (QED) is 0.127. The van der Waals surface area contributed by atoms with Crippen LogP contribution in [0.4, 0.5) is 5.95 Å². The van der Waals surface area contributed by atoms with E-state index in [1.807, 2.05) is 34.9 Å². The predicted molar refractivity (Wildman–Crippen MR) is 192 cm³/mol. The van der Waals surface area contributed by atoms with Crippen molar-refractivity contribution in [3.8, 4) is 22.8 Å². The van der Waals surface area contributed by atoms with Crippen LogP contribution in [-0.2, 0) is 27.7 Å². The van der Waals surface area contributed by atoms with Gasteiger partial charge in [0, 0.05) is 61.7 Å². The van der Waals surface area contributed by atoms with Crippen molar-refractivity contribution in [2.75, 3.05) is 57.9 Å². The number of anilines is 1. The van der Waals surface area contributed by atoms with E-state index in [1.165, 1.54) is 4.68 Å². The summed E-state index contributed by atoms with van der Waals surface area (Å²) in [6.07, 6.45) is 1.71. The van der Waals surface area contributed by atoms with Crippen molar-refractivity contribution in [3.63, 3.8) is 0 Å². The number of rotatable bonds is 16. The molecule has 47 heavy (non-hydrogen) atoms. The summed E-state index contributed by atoms with van der Waals surface area (Å²) in [4.78, 5) is 30.6. The van der Waals surface area contributed by atoms with Gasteiger partial charge in [0.05, 0.1) is 35.5 Å². The molecule has 0 bridgehead atoms. The lowest BCUT2D eigenvalue weighted by atomic mass is 10.2. The van der Waals surface area contributed by atoms with Gasteiger partial charge in [-0.1, -0.05) is 51.4 Å². The monoisotopic (exact) mass is 678 g/mol. The first-order valence-electron chi connectivity index (χ1n) is 16.6. The zero-order valence-electron chi connectivity index (χ0n) is 28.8. The van der Waals surface area contributed by atoms with Crippen molar-refractivity contribution in [2.24, 2.45) is 0 Å². The predicted octanol–water partition coefficient (Wildman–Crippen LogP) is 5.09. The number of aromatic nitrogens is 6. The van der Waals surface area contributed by atoms with E-state index in [9.17, 15) is 4.79 Å². The van der Waals surface area contributed by atoms with Gasteiger partial charge in [0.2, 0.25) is 5.95 Å². The van der Waals surface area contributed by atoms with Crippen LogP contribution in [0.25, 0.3) is 33.8 Å². The molecule has 1 saturated heterocycles. The zero-order chi connectivity index (χ0) is 33.4. The molecule has 1 aliphatic heterocycles. The topological polar surface area (TPSA) is 121 Å². The van der Waals surface area contributed by atoms with E-state index in [1.54, 1.807) is 12.3 Å². The molecule has 0 aliphatic carbocycles. The molecule has 0 spiro atoms. The fourth-order valence-corrected chi connectivity index (χ4v) is 6.64. The van der Waals surface area contributed by atoms with Crippen LogP contribution in [0.3, 0.4) is 0 Å². The summed E-state index contributed by atoms with van der Waals surface area (Å²) in [5, 5.41) is 8.07. The largest absolute Gasteiger partial charge is 0.379 e. The maximum absolute atomic E-state index is 14.1. The standard InChI is InChI=1S/C33H50N8O4Si2/c1-46(2,3)21-19-44-24-40-30-10-8-7-9-28(30)36-31(40)26-23-29(38-41(32(26)42)25-45-20-22-47(4,5)6)27-11-12-34-33(37-27)35-13-14-39-15-17-43-18-16-39/h7-12,23H,13-22,24-25H2,1-6H3,(H,34,35,37). The second-order valence-electron chi connectivity index (χ2n) is 14.4. The lowest BCUT2D eigenvalue weighted by Crippen LogP contribution is -2.39. The first-order valence-corrected chi connectivity index (χ1v) is 24.0. The maximum Gasteiger partial charge on any atom is 0.280 e. The second kappa shape index (κ2) is 15.7. The Balaban J connectivity index is 1.47. The molecule has 0 amide bonds. The van der Waals surface area contributed by atoms with Crippen molar-refractivity contribution in [1.82, 2.24) is 34.2 Å². The summed E-state index contributed by atoms with van der Waals surface area (Å²) < 4.78 is 21.0. The van der Waals surface area contributed by atoms with Gasteiger partial charge >= 0.3 is 0 Å². The summed E-state index contributed by atoms with van der Waals surface area (Å²) in [5.41, 5.74) is 2.96. The highest BCUT2D eigenvalue weighted by atomic mass is 28.3. The summed E-state index contributed by atoms with van der Waals surface area (Å²) in [5.74, 6) is 1.04. The summed E-state index contributed by atoms with van der Waals surface area (Å²) in [6.45, 7) is 20.4. The Kier molecular flexibility index (Phi) is 11.7. The number of ether oxygens (including phenoxy) is 3. The molecule has 4 heterocycles. The van der Waals surface area contributed by atoms with Gasteiger partial charge in [-0.3, -0.25) is 14.3 Å². The molecule has 5 rings (SSSR count). The third kappa shape index (κ3) is 10.1. The van der Waals surface area contributed by atoms with E-state index in [-0.39, 0.29) is 19.0 Å². The van der Waals surface area contributed by atoms with Gasteiger partial charge in [-0.05, 0) is 36.4 Å². The average Bonchev–Trinajstić information content (AvgIpc) is 3.40. The number of imidazole rings is 1. The third-order valence-corrected chi connectivity index (χ3v) is 11.4. The summed E-state index contributed by atoms with van der Waals surface area (Å²) in [6, 6.07) is 13.5. The summed E-state index contributed by atoms with van der Waals surface area (Å²) >= 11 is 0. The fraction of sp³-hybridized carbons (Fsp3) is 0.545. The van der Waals surface area contributed by atoms with Gasteiger partial charge < -0.3 is 19.5 Å². The lowest BCUT2D eigenvalue weighted by Gasteiger charge is -2.26. The molecule has 0 unspecified atom stereocenters. The number of morpholine rings is 1. The van der Waals surface area contributed by atoms with Crippen LogP contribution in [0.15, 0.2) is 47.4 Å². The Bertz CT molecular complexity index is 1680.